The first-order chi connectivity index (χ1) is 11.1. The molecule has 0 radical (unpaired) electrons. The van der Waals surface area contributed by atoms with Crippen molar-refractivity contribution in [1.82, 2.24) is 4.90 Å². The van der Waals surface area contributed by atoms with E-state index in [-0.39, 0.29) is 17.8 Å². The van der Waals surface area contributed by atoms with Crippen LogP contribution < -0.4 is 0 Å². The molecule has 0 bridgehead atoms. The highest BCUT2D eigenvalue weighted by Gasteiger charge is 2.33. The average molecular weight is 333 g/mol. The standard InChI is InChI=1S/C17H16FNO3S/c1-22-17(21)15-9-8-14(23-15)16(20)19(13-6-7-13)10-11-2-4-12(18)5-3-11/h2-5,8-9,13H,6-7,10H2,1H3. The van der Waals surface area contributed by atoms with Gasteiger partial charge in [0.05, 0.1) is 12.0 Å². The molecule has 1 saturated carbocycles. The molecule has 1 aromatic heterocycles. The smallest absolute Gasteiger partial charge is 0.348 e. The Morgan fingerprint density at radius 1 is 1.17 bits per heavy atom. The maximum Gasteiger partial charge on any atom is 0.348 e. The van der Waals surface area contributed by atoms with Gasteiger partial charge in [-0.2, -0.15) is 0 Å². The van der Waals surface area contributed by atoms with Gasteiger partial charge in [-0.3, -0.25) is 4.79 Å². The molecule has 2 aromatic rings. The number of amides is 1. The summed E-state index contributed by atoms with van der Waals surface area (Å²) in [5.41, 5.74) is 0.886. The number of benzene rings is 1. The van der Waals surface area contributed by atoms with Crippen LogP contribution in [0.1, 0.15) is 37.7 Å². The second-order valence-corrected chi connectivity index (χ2v) is 6.53. The summed E-state index contributed by atoms with van der Waals surface area (Å²) in [7, 11) is 1.31. The summed E-state index contributed by atoms with van der Waals surface area (Å²) in [6.07, 6.45) is 1.95. The zero-order chi connectivity index (χ0) is 16.4. The van der Waals surface area contributed by atoms with E-state index in [1.165, 1.54) is 19.2 Å². The second kappa shape index (κ2) is 6.50. The normalized spacial score (nSPS) is 13.7. The van der Waals surface area contributed by atoms with Gasteiger partial charge in [-0.15, -0.1) is 11.3 Å². The first kappa shape index (κ1) is 15.7. The third kappa shape index (κ3) is 3.59. The average Bonchev–Trinajstić information content (AvgIpc) is 3.28. The fourth-order valence-electron chi connectivity index (χ4n) is 2.34. The lowest BCUT2D eigenvalue weighted by Crippen LogP contribution is -2.32. The minimum Gasteiger partial charge on any atom is -0.465 e. The molecule has 23 heavy (non-hydrogen) atoms. The molecule has 1 aromatic carbocycles. The van der Waals surface area contributed by atoms with E-state index in [4.69, 9.17) is 0 Å². The number of halogens is 1. The van der Waals surface area contributed by atoms with Crippen LogP contribution in [0, 0.1) is 5.82 Å². The number of hydrogen-bond acceptors (Lipinski definition) is 4. The molecule has 0 spiro atoms. The van der Waals surface area contributed by atoms with Crippen molar-refractivity contribution in [3.05, 3.63) is 57.5 Å². The maximum atomic E-state index is 13.0. The van der Waals surface area contributed by atoms with Crippen LogP contribution in [0.5, 0.6) is 0 Å². The molecule has 6 heteroatoms. The van der Waals surface area contributed by atoms with Gasteiger partial charge in [0.15, 0.2) is 0 Å². The largest absolute Gasteiger partial charge is 0.465 e. The zero-order valence-corrected chi connectivity index (χ0v) is 13.4. The predicted octanol–water partition coefficient (Wildman–Crippen LogP) is 3.48. The van der Waals surface area contributed by atoms with Crippen LogP contribution in [0.2, 0.25) is 0 Å². The van der Waals surface area contributed by atoms with Gasteiger partial charge in [-0.1, -0.05) is 12.1 Å². The summed E-state index contributed by atoms with van der Waals surface area (Å²) in [5, 5.41) is 0. The Labute approximate surface area is 137 Å². The molecular weight excluding hydrogens is 317 g/mol. The lowest BCUT2D eigenvalue weighted by atomic mass is 10.2. The SMILES string of the molecule is COC(=O)c1ccc(C(=O)N(Cc2ccc(F)cc2)C2CC2)s1. The molecule has 4 nitrogen and oxygen atoms in total. The van der Waals surface area contributed by atoms with Gasteiger partial charge in [-0.05, 0) is 42.7 Å². The van der Waals surface area contributed by atoms with Crippen molar-refractivity contribution in [3.63, 3.8) is 0 Å². The van der Waals surface area contributed by atoms with Gasteiger partial charge in [0.25, 0.3) is 5.91 Å². The summed E-state index contributed by atoms with van der Waals surface area (Å²) in [5.74, 6) is -0.832. The molecule has 0 unspecified atom stereocenters. The molecule has 1 aliphatic rings. The third-order valence-electron chi connectivity index (χ3n) is 3.72. The van der Waals surface area contributed by atoms with Gasteiger partial charge in [0.2, 0.25) is 0 Å². The summed E-state index contributed by atoms with van der Waals surface area (Å²) >= 11 is 1.13. The van der Waals surface area contributed by atoms with E-state index in [1.807, 2.05) is 0 Å². The summed E-state index contributed by atoms with van der Waals surface area (Å²) in [4.78, 5) is 27.0. The highest BCUT2D eigenvalue weighted by Crippen LogP contribution is 2.31. The lowest BCUT2D eigenvalue weighted by molar-refractivity contribution is 0.0606. The summed E-state index contributed by atoms with van der Waals surface area (Å²) < 4.78 is 17.7. The minimum atomic E-state index is -0.439. The number of esters is 1. The van der Waals surface area contributed by atoms with Crippen molar-refractivity contribution in [2.45, 2.75) is 25.4 Å². The van der Waals surface area contributed by atoms with E-state index in [1.54, 1.807) is 29.2 Å². The Bertz CT molecular complexity index is 722. The van der Waals surface area contributed by atoms with Gasteiger partial charge in [-0.25, -0.2) is 9.18 Å². The molecule has 0 saturated heterocycles. The first-order valence-electron chi connectivity index (χ1n) is 7.32. The van der Waals surface area contributed by atoms with Gasteiger partial charge in [0.1, 0.15) is 10.7 Å². The predicted molar refractivity (Wildman–Crippen MR) is 85.0 cm³/mol. The number of thiophene rings is 1. The number of hydrogen-bond donors (Lipinski definition) is 0. The Kier molecular flexibility index (Phi) is 4.43. The molecule has 0 atom stereocenters. The molecule has 0 N–H and O–H groups in total. The highest BCUT2D eigenvalue weighted by molar-refractivity contribution is 7.15. The highest BCUT2D eigenvalue weighted by atomic mass is 32.1. The third-order valence-corrected chi connectivity index (χ3v) is 4.77. The van der Waals surface area contributed by atoms with E-state index in [0.717, 1.165) is 29.7 Å². The number of methoxy groups -OCH3 is 1. The van der Waals surface area contributed by atoms with Crippen LogP contribution in [-0.4, -0.2) is 29.9 Å². The fourth-order valence-corrected chi connectivity index (χ4v) is 3.22. The van der Waals surface area contributed by atoms with E-state index in [9.17, 15) is 14.0 Å². The first-order valence-corrected chi connectivity index (χ1v) is 8.13. The monoisotopic (exact) mass is 333 g/mol. The fraction of sp³-hybridized carbons (Fsp3) is 0.294. The molecule has 1 fully saturated rings. The van der Waals surface area contributed by atoms with Crippen molar-refractivity contribution in [2.24, 2.45) is 0 Å². The Balaban J connectivity index is 1.78. The molecule has 0 aliphatic heterocycles. The van der Waals surface area contributed by atoms with Gasteiger partial charge < -0.3 is 9.64 Å². The van der Waals surface area contributed by atoms with E-state index in [2.05, 4.69) is 4.74 Å². The van der Waals surface area contributed by atoms with Crippen LogP contribution in [0.3, 0.4) is 0 Å². The second-order valence-electron chi connectivity index (χ2n) is 5.45. The number of carbonyl (C=O) groups excluding carboxylic acids is 2. The summed E-state index contributed by atoms with van der Waals surface area (Å²) in [6, 6.07) is 9.64. The number of ether oxygens (including phenoxy) is 1. The topological polar surface area (TPSA) is 46.6 Å². The molecule has 120 valence electrons. The minimum absolute atomic E-state index is 0.100. The Morgan fingerprint density at radius 2 is 1.83 bits per heavy atom. The lowest BCUT2D eigenvalue weighted by Gasteiger charge is -2.22. The quantitative estimate of drug-likeness (QED) is 0.787. The van der Waals surface area contributed by atoms with Crippen molar-refractivity contribution < 1.29 is 18.7 Å². The van der Waals surface area contributed by atoms with Crippen LogP contribution in [0.25, 0.3) is 0 Å². The molecular formula is C17H16FNO3S. The van der Waals surface area contributed by atoms with Crippen molar-refractivity contribution in [3.8, 4) is 0 Å². The van der Waals surface area contributed by atoms with Gasteiger partial charge in [0, 0.05) is 12.6 Å². The van der Waals surface area contributed by atoms with Crippen molar-refractivity contribution >= 4 is 23.2 Å². The van der Waals surface area contributed by atoms with E-state index in [0.29, 0.717) is 16.3 Å². The summed E-state index contributed by atoms with van der Waals surface area (Å²) in [6.45, 7) is 0.440. The molecule has 1 aliphatic carbocycles. The van der Waals surface area contributed by atoms with E-state index >= 15 is 0 Å². The van der Waals surface area contributed by atoms with Gasteiger partial charge >= 0.3 is 5.97 Å². The van der Waals surface area contributed by atoms with E-state index < -0.39 is 5.97 Å². The molecule has 1 heterocycles. The Hall–Kier alpha value is -2.21. The van der Waals surface area contributed by atoms with Crippen LogP contribution in [0.4, 0.5) is 4.39 Å². The maximum absolute atomic E-state index is 13.0. The van der Waals surface area contributed by atoms with Crippen LogP contribution in [-0.2, 0) is 11.3 Å². The number of carbonyl (C=O) groups is 2. The van der Waals surface area contributed by atoms with Crippen LogP contribution in [0.15, 0.2) is 36.4 Å². The Morgan fingerprint density at radius 3 is 2.43 bits per heavy atom. The van der Waals surface area contributed by atoms with Crippen LogP contribution >= 0.6 is 11.3 Å². The molecule has 1 amide bonds. The number of nitrogens with zero attached hydrogens (tertiary/aromatic N) is 1. The van der Waals surface area contributed by atoms with Crippen molar-refractivity contribution in [2.75, 3.05) is 7.11 Å². The zero-order valence-electron chi connectivity index (χ0n) is 12.6. The molecule has 3 rings (SSSR count). The number of rotatable bonds is 5. The van der Waals surface area contributed by atoms with Crippen molar-refractivity contribution in [1.29, 1.82) is 0 Å².